The monoisotopic (exact) mass is 339 g/mol. The minimum Gasteiger partial charge on any atom is -0.478 e. The number of aromatic carboxylic acids is 1. The van der Waals surface area contributed by atoms with Crippen molar-refractivity contribution in [3.05, 3.63) is 34.4 Å². The summed E-state index contributed by atoms with van der Waals surface area (Å²) in [5, 5.41) is 20.4. The Hall–Kier alpha value is -2.35. The fraction of sp³-hybridized carbons (Fsp3) is 0.429. The van der Waals surface area contributed by atoms with Crippen LogP contribution in [-0.4, -0.2) is 43.1 Å². The van der Waals surface area contributed by atoms with E-state index in [1.165, 1.54) is 17.1 Å². The van der Waals surface area contributed by atoms with Crippen LogP contribution in [0, 0.1) is 13.8 Å². The van der Waals surface area contributed by atoms with Gasteiger partial charge in [0.25, 0.3) is 0 Å². The summed E-state index contributed by atoms with van der Waals surface area (Å²) in [5.41, 5.74) is 1.76. The highest BCUT2D eigenvalue weighted by Crippen LogP contribution is 2.18. The van der Waals surface area contributed by atoms with Crippen molar-refractivity contribution in [2.75, 3.05) is 6.54 Å². The zero-order valence-electron chi connectivity index (χ0n) is 12.9. The maximum atomic E-state index is 11.8. The normalized spacial score (nSPS) is 10.7. The van der Waals surface area contributed by atoms with Gasteiger partial charge in [-0.05, 0) is 20.3 Å². The molecule has 9 heteroatoms. The molecule has 2 aromatic rings. The number of hydrogen-bond acceptors (Lipinski definition) is 4. The van der Waals surface area contributed by atoms with Gasteiger partial charge in [0.15, 0.2) is 0 Å². The van der Waals surface area contributed by atoms with Crippen LogP contribution in [0.25, 0.3) is 0 Å². The van der Waals surface area contributed by atoms with Crippen LogP contribution < -0.4 is 5.32 Å². The molecule has 0 aromatic carbocycles. The standard InChI is InChI=1S/C14H18ClN5O3/c1-9-13(15)10(2)20(18-9)5-3-4-16-12(21)8-19-7-11(6-17-19)14(22)23/h6-7H,3-5,8H2,1-2H3,(H,16,21)(H,22,23). The van der Waals surface area contributed by atoms with Gasteiger partial charge < -0.3 is 10.4 Å². The van der Waals surface area contributed by atoms with Gasteiger partial charge in [-0.2, -0.15) is 10.2 Å². The molecule has 0 aliphatic rings. The predicted molar refractivity (Wildman–Crippen MR) is 83.5 cm³/mol. The van der Waals surface area contributed by atoms with Crippen LogP contribution in [0.3, 0.4) is 0 Å². The number of carbonyl (C=O) groups excluding carboxylic acids is 1. The highest BCUT2D eigenvalue weighted by Gasteiger charge is 2.10. The highest BCUT2D eigenvalue weighted by atomic mass is 35.5. The number of halogens is 1. The lowest BCUT2D eigenvalue weighted by Crippen LogP contribution is -2.29. The molecule has 0 spiro atoms. The van der Waals surface area contributed by atoms with Crippen molar-refractivity contribution in [2.24, 2.45) is 0 Å². The molecule has 124 valence electrons. The van der Waals surface area contributed by atoms with Crippen LogP contribution in [0.2, 0.25) is 5.02 Å². The first-order valence-corrected chi connectivity index (χ1v) is 7.48. The van der Waals surface area contributed by atoms with Crippen molar-refractivity contribution < 1.29 is 14.7 Å². The topological polar surface area (TPSA) is 102 Å². The van der Waals surface area contributed by atoms with Gasteiger partial charge in [0.1, 0.15) is 6.54 Å². The van der Waals surface area contributed by atoms with Gasteiger partial charge in [-0.25, -0.2) is 4.79 Å². The average molecular weight is 340 g/mol. The van der Waals surface area contributed by atoms with Crippen LogP contribution >= 0.6 is 11.6 Å². The fourth-order valence-electron chi connectivity index (χ4n) is 2.11. The molecule has 2 aromatic heterocycles. The summed E-state index contributed by atoms with van der Waals surface area (Å²) in [4.78, 5) is 22.5. The Morgan fingerprint density at radius 2 is 2.13 bits per heavy atom. The molecule has 0 unspecified atom stereocenters. The summed E-state index contributed by atoms with van der Waals surface area (Å²) in [6.45, 7) is 4.88. The smallest absolute Gasteiger partial charge is 0.338 e. The fourth-order valence-corrected chi connectivity index (χ4v) is 2.25. The number of carboxylic acids is 1. The lowest BCUT2D eigenvalue weighted by Gasteiger charge is -2.07. The van der Waals surface area contributed by atoms with E-state index < -0.39 is 5.97 Å². The summed E-state index contributed by atoms with van der Waals surface area (Å²) in [7, 11) is 0. The Morgan fingerprint density at radius 3 is 2.70 bits per heavy atom. The SMILES string of the molecule is Cc1nn(CCCNC(=O)Cn2cc(C(=O)O)cn2)c(C)c1Cl. The largest absolute Gasteiger partial charge is 0.478 e. The molecule has 0 saturated heterocycles. The molecule has 0 bridgehead atoms. The van der Waals surface area contributed by atoms with E-state index in [0.717, 1.165) is 11.4 Å². The second-order valence-corrected chi connectivity index (χ2v) is 5.52. The highest BCUT2D eigenvalue weighted by molar-refractivity contribution is 6.31. The zero-order chi connectivity index (χ0) is 17.0. The lowest BCUT2D eigenvalue weighted by molar-refractivity contribution is -0.121. The van der Waals surface area contributed by atoms with Crippen molar-refractivity contribution in [1.82, 2.24) is 24.9 Å². The van der Waals surface area contributed by atoms with Crippen LogP contribution in [-0.2, 0) is 17.9 Å². The molecule has 1 amide bonds. The molecule has 0 saturated carbocycles. The van der Waals surface area contributed by atoms with E-state index >= 15 is 0 Å². The maximum absolute atomic E-state index is 11.8. The third-order valence-corrected chi connectivity index (χ3v) is 3.89. The molecule has 2 rings (SSSR count). The molecule has 23 heavy (non-hydrogen) atoms. The number of hydrogen-bond donors (Lipinski definition) is 2. The number of amides is 1. The summed E-state index contributed by atoms with van der Waals surface area (Å²) in [6.07, 6.45) is 3.24. The Bertz CT molecular complexity index is 722. The van der Waals surface area contributed by atoms with Crippen LogP contribution in [0.15, 0.2) is 12.4 Å². The molecule has 2 heterocycles. The third-order valence-electron chi connectivity index (χ3n) is 3.35. The van der Waals surface area contributed by atoms with Gasteiger partial charge in [-0.3, -0.25) is 14.2 Å². The van der Waals surface area contributed by atoms with Gasteiger partial charge in [0, 0.05) is 19.3 Å². The van der Waals surface area contributed by atoms with Crippen LogP contribution in [0.4, 0.5) is 0 Å². The number of rotatable bonds is 7. The molecular formula is C14H18ClN5O3. The summed E-state index contributed by atoms with van der Waals surface area (Å²) < 4.78 is 3.11. The minimum atomic E-state index is -1.07. The molecule has 0 radical (unpaired) electrons. The first-order chi connectivity index (χ1) is 10.9. The van der Waals surface area contributed by atoms with Gasteiger partial charge in [-0.1, -0.05) is 11.6 Å². The summed E-state index contributed by atoms with van der Waals surface area (Å²) in [5.74, 6) is -1.29. The van der Waals surface area contributed by atoms with Gasteiger partial charge >= 0.3 is 5.97 Å². The van der Waals surface area contributed by atoms with E-state index in [4.69, 9.17) is 16.7 Å². The molecule has 0 atom stereocenters. The Labute approximate surface area is 138 Å². The van der Waals surface area contributed by atoms with E-state index in [9.17, 15) is 9.59 Å². The first-order valence-electron chi connectivity index (χ1n) is 7.10. The number of carbonyl (C=O) groups is 2. The molecule has 2 N–H and O–H groups in total. The van der Waals surface area contributed by atoms with E-state index in [-0.39, 0.29) is 18.0 Å². The Morgan fingerprint density at radius 1 is 1.39 bits per heavy atom. The number of aryl methyl sites for hydroxylation is 2. The molecule has 0 aliphatic carbocycles. The quantitative estimate of drug-likeness (QED) is 0.739. The minimum absolute atomic E-state index is 0.0149. The molecule has 0 aliphatic heterocycles. The Kier molecular flexibility index (Phi) is 5.38. The number of nitrogens with one attached hydrogen (secondary N) is 1. The Balaban J connectivity index is 1.74. The van der Waals surface area contributed by atoms with E-state index in [1.807, 2.05) is 18.5 Å². The number of nitrogens with zero attached hydrogens (tertiary/aromatic N) is 4. The lowest BCUT2D eigenvalue weighted by atomic mass is 10.3. The van der Waals surface area contributed by atoms with E-state index in [0.29, 0.717) is 24.5 Å². The van der Waals surface area contributed by atoms with Gasteiger partial charge in [0.2, 0.25) is 5.91 Å². The van der Waals surface area contributed by atoms with Crippen LogP contribution in [0.1, 0.15) is 28.2 Å². The van der Waals surface area contributed by atoms with Gasteiger partial charge in [0.05, 0.1) is 28.2 Å². The zero-order valence-corrected chi connectivity index (χ0v) is 13.7. The van der Waals surface area contributed by atoms with E-state index in [2.05, 4.69) is 15.5 Å². The van der Waals surface area contributed by atoms with Crippen molar-refractivity contribution in [3.8, 4) is 0 Å². The molecular weight excluding hydrogens is 322 g/mol. The first kappa shape index (κ1) is 17.0. The summed E-state index contributed by atoms with van der Waals surface area (Å²) >= 11 is 6.07. The predicted octanol–water partition coefficient (Wildman–Crippen LogP) is 1.25. The second kappa shape index (κ2) is 7.28. The summed E-state index contributed by atoms with van der Waals surface area (Å²) in [6, 6.07) is 0. The number of aromatic nitrogens is 4. The maximum Gasteiger partial charge on any atom is 0.338 e. The third kappa shape index (κ3) is 4.32. The molecule has 8 nitrogen and oxygen atoms in total. The van der Waals surface area contributed by atoms with E-state index in [1.54, 1.807) is 0 Å². The second-order valence-electron chi connectivity index (χ2n) is 5.14. The average Bonchev–Trinajstić information content (AvgIpc) is 3.05. The van der Waals surface area contributed by atoms with Crippen molar-refractivity contribution in [1.29, 1.82) is 0 Å². The number of carboxylic acid groups (broad SMARTS) is 1. The molecule has 0 fully saturated rings. The van der Waals surface area contributed by atoms with Crippen molar-refractivity contribution >= 4 is 23.5 Å². The van der Waals surface area contributed by atoms with Crippen molar-refractivity contribution in [2.45, 2.75) is 33.4 Å². The van der Waals surface area contributed by atoms with Gasteiger partial charge in [-0.15, -0.1) is 0 Å². The van der Waals surface area contributed by atoms with Crippen LogP contribution in [0.5, 0.6) is 0 Å². The van der Waals surface area contributed by atoms with Crippen molar-refractivity contribution in [3.63, 3.8) is 0 Å².